The van der Waals surface area contributed by atoms with Crippen molar-refractivity contribution in [3.05, 3.63) is 5.69 Å². The molecule has 4 nitrogen and oxygen atoms in total. The molecule has 0 amide bonds. The normalized spacial score (nSPS) is 10.0. The van der Waals surface area contributed by atoms with Gasteiger partial charge in [-0.25, -0.2) is 4.79 Å². The smallest absolute Gasteiger partial charge is 0.360 e. The molecule has 6 heteroatoms. The summed E-state index contributed by atoms with van der Waals surface area (Å²) < 4.78 is 12.7. The van der Waals surface area contributed by atoms with Crippen LogP contribution in [-0.4, -0.2) is 27.1 Å². The van der Waals surface area contributed by atoms with Gasteiger partial charge in [0.15, 0.2) is 5.69 Å². The zero-order chi connectivity index (χ0) is 9.68. The van der Waals surface area contributed by atoms with E-state index in [2.05, 4.69) is 8.75 Å². The van der Waals surface area contributed by atoms with E-state index in [1.807, 2.05) is 6.92 Å². The summed E-state index contributed by atoms with van der Waals surface area (Å²) in [6.45, 7) is 4.13. The molecule has 1 heterocycles. The van der Waals surface area contributed by atoms with Crippen LogP contribution in [0.3, 0.4) is 0 Å². The van der Waals surface area contributed by atoms with Crippen molar-refractivity contribution < 1.29 is 9.53 Å². The third kappa shape index (κ3) is 2.67. The zero-order valence-electron chi connectivity index (χ0n) is 7.44. The molecule has 72 valence electrons. The molecule has 1 aromatic rings. The number of esters is 1. The first-order valence-electron chi connectivity index (χ1n) is 3.92. The SMILES string of the molecule is CCOC(=O)c1nsnc1SCC. The summed E-state index contributed by atoms with van der Waals surface area (Å²) in [5.74, 6) is 0.491. The number of carbonyl (C=O) groups is 1. The van der Waals surface area contributed by atoms with Crippen LogP contribution in [0, 0.1) is 0 Å². The van der Waals surface area contributed by atoms with E-state index in [1.165, 1.54) is 11.8 Å². The van der Waals surface area contributed by atoms with E-state index in [1.54, 1.807) is 6.92 Å². The van der Waals surface area contributed by atoms with E-state index in [4.69, 9.17) is 4.74 Å². The van der Waals surface area contributed by atoms with Gasteiger partial charge in [0, 0.05) is 0 Å². The van der Waals surface area contributed by atoms with Crippen molar-refractivity contribution in [2.75, 3.05) is 12.4 Å². The van der Waals surface area contributed by atoms with Crippen LogP contribution in [0.15, 0.2) is 5.03 Å². The number of aromatic nitrogens is 2. The Hall–Kier alpha value is -0.620. The van der Waals surface area contributed by atoms with Gasteiger partial charge in [-0.15, -0.1) is 11.8 Å². The van der Waals surface area contributed by atoms with E-state index < -0.39 is 0 Å². The van der Waals surface area contributed by atoms with E-state index in [0.717, 1.165) is 17.5 Å². The van der Waals surface area contributed by atoms with Gasteiger partial charge < -0.3 is 4.74 Å². The first kappa shape index (κ1) is 10.5. The molecule has 0 aliphatic rings. The molecule has 0 unspecified atom stereocenters. The van der Waals surface area contributed by atoms with Crippen molar-refractivity contribution in [3.63, 3.8) is 0 Å². The number of carbonyl (C=O) groups excluding carboxylic acids is 1. The number of thioether (sulfide) groups is 1. The summed E-state index contributed by atoms with van der Waals surface area (Å²) >= 11 is 2.54. The molecule has 0 spiro atoms. The fourth-order valence-corrected chi connectivity index (χ4v) is 2.09. The lowest BCUT2D eigenvalue weighted by Crippen LogP contribution is -2.06. The lowest BCUT2D eigenvalue weighted by Gasteiger charge is -1.98. The second-order valence-electron chi connectivity index (χ2n) is 2.07. The largest absolute Gasteiger partial charge is 0.461 e. The van der Waals surface area contributed by atoms with Crippen LogP contribution < -0.4 is 0 Å². The summed E-state index contributed by atoms with van der Waals surface area (Å²) in [6.07, 6.45) is 0. The standard InChI is InChI=1S/C7H10N2O2S2/c1-3-11-7(10)5-6(12-4-2)9-13-8-5/h3-4H2,1-2H3. The van der Waals surface area contributed by atoms with E-state index in [-0.39, 0.29) is 5.97 Å². The monoisotopic (exact) mass is 218 g/mol. The number of nitrogens with zero attached hydrogens (tertiary/aromatic N) is 2. The lowest BCUT2D eigenvalue weighted by molar-refractivity contribution is 0.0516. The first-order valence-corrected chi connectivity index (χ1v) is 5.63. The van der Waals surface area contributed by atoms with Crippen molar-refractivity contribution in [1.29, 1.82) is 0 Å². The summed E-state index contributed by atoms with van der Waals surface area (Å²) in [5, 5.41) is 0.672. The summed E-state index contributed by atoms with van der Waals surface area (Å²) in [5.41, 5.74) is 0.346. The minimum Gasteiger partial charge on any atom is -0.461 e. The molecule has 0 aromatic carbocycles. The fourth-order valence-electron chi connectivity index (χ4n) is 0.736. The second kappa shape index (κ2) is 5.18. The van der Waals surface area contributed by atoms with Gasteiger partial charge in [-0.3, -0.25) is 0 Å². The maximum atomic E-state index is 11.3. The predicted molar refractivity (Wildman–Crippen MR) is 52.3 cm³/mol. The number of ether oxygens (including phenoxy) is 1. The van der Waals surface area contributed by atoms with Gasteiger partial charge in [0.1, 0.15) is 5.03 Å². The van der Waals surface area contributed by atoms with Crippen LogP contribution in [0.2, 0.25) is 0 Å². The number of rotatable bonds is 4. The van der Waals surface area contributed by atoms with Gasteiger partial charge in [0.2, 0.25) is 0 Å². The molecular weight excluding hydrogens is 208 g/mol. The molecule has 0 fully saturated rings. The lowest BCUT2D eigenvalue weighted by atomic mass is 10.5. The topological polar surface area (TPSA) is 52.1 Å². The summed E-state index contributed by atoms with van der Waals surface area (Å²) in [6, 6.07) is 0. The molecule has 0 aliphatic carbocycles. The van der Waals surface area contributed by atoms with Crippen LogP contribution in [0.5, 0.6) is 0 Å². The average molecular weight is 218 g/mol. The van der Waals surface area contributed by atoms with Crippen molar-refractivity contribution in [2.45, 2.75) is 18.9 Å². The Labute approximate surface area is 85.0 Å². The Kier molecular flexibility index (Phi) is 4.17. The highest BCUT2D eigenvalue weighted by atomic mass is 32.2. The third-order valence-corrected chi connectivity index (χ3v) is 2.70. The van der Waals surface area contributed by atoms with Gasteiger partial charge in [-0.2, -0.15) is 8.75 Å². The molecule has 0 N–H and O–H groups in total. The molecule has 1 aromatic heterocycles. The summed E-state index contributed by atoms with van der Waals surface area (Å²) in [7, 11) is 0. The highest BCUT2D eigenvalue weighted by Crippen LogP contribution is 2.20. The van der Waals surface area contributed by atoms with Crippen LogP contribution in [0.25, 0.3) is 0 Å². The van der Waals surface area contributed by atoms with Crippen LogP contribution in [0.1, 0.15) is 24.3 Å². The Bertz CT molecular complexity index is 288. The molecular formula is C7H10N2O2S2. The molecule has 0 aliphatic heterocycles. The maximum Gasteiger partial charge on any atom is 0.360 e. The maximum absolute atomic E-state index is 11.3. The van der Waals surface area contributed by atoms with Crippen LogP contribution >= 0.6 is 23.5 Å². The fraction of sp³-hybridized carbons (Fsp3) is 0.571. The second-order valence-corrected chi connectivity index (χ2v) is 3.85. The summed E-state index contributed by atoms with van der Waals surface area (Å²) in [4.78, 5) is 11.3. The Balaban J connectivity index is 2.74. The number of hydrogen-bond donors (Lipinski definition) is 0. The van der Waals surface area contributed by atoms with Gasteiger partial charge >= 0.3 is 5.97 Å². The van der Waals surface area contributed by atoms with Crippen LogP contribution in [0.4, 0.5) is 0 Å². The first-order chi connectivity index (χ1) is 6.29. The quantitative estimate of drug-likeness (QED) is 0.570. The van der Waals surface area contributed by atoms with E-state index in [0.29, 0.717) is 17.3 Å². The molecule has 0 bridgehead atoms. The van der Waals surface area contributed by atoms with Gasteiger partial charge in [-0.1, -0.05) is 6.92 Å². The minimum absolute atomic E-state index is 0.346. The van der Waals surface area contributed by atoms with Gasteiger partial charge in [-0.05, 0) is 12.7 Å². The van der Waals surface area contributed by atoms with E-state index >= 15 is 0 Å². The average Bonchev–Trinajstić information content (AvgIpc) is 2.54. The molecule has 13 heavy (non-hydrogen) atoms. The van der Waals surface area contributed by atoms with Gasteiger partial charge in [0.25, 0.3) is 0 Å². The molecule has 0 saturated heterocycles. The van der Waals surface area contributed by atoms with Crippen molar-refractivity contribution in [2.24, 2.45) is 0 Å². The Morgan fingerprint density at radius 3 is 2.92 bits per heavy atom. The Morgan fingerprint density at radius 2 is 2.31 bits per heavy atom. The highest BCUT2D eigenvalue weighted by molar-refractivity contribution is 7.99. The van der Waals surface area contributed by atoms with Crippen molar-refractivity contribution >= 4 is 29.5 Å². The molecule has 1 rings (SSSR count). The minimum atomic E-state index is -0.382. The Morgan fingerprint density at radius 1 is 1.54 bits per heavy atom. The zero-order valence-corrected chi connectivity index (χ0v) is 9.07. The highest BCUT2D eigenvalue weighted by Gasteiger charge is 2.17. The van der Waals surface area contributed by atoms with Gasteiger partial charge in [0.05, 0.1) is 18.3 Å². The predicted octanol–water partition coefficient (Wildman–Crippen LogP) is 1.83. The third-order valence-electron chi connectivity index (χ3n) is 1.21. The van der Waals surface area contributed by atoms with Crippen LogP contribution in [-0.2, 0) is 4.74 Å². The van der Waals surface area contributed by atoms with Crippen molar-refractivity contribution in [3.8, 4) is 0 Å². The molecule has 0 radical (unpaired) electrons. The molecule has 0 saturated carbocycles. The van der Waals surface area contributed by atoms with Crippen molar-refractivity contribution in [1.82, 2.24) is 8.75 Å². The number of hydrogen-bond acceptors (Lipinski definition) is 6. The molecule has 0 atom stereocenters. The van der Waals surface area contributed by atoms with E-state index in [9.17, 15) is 4.79 Å².